The Morgan fingerprint density at radius 2 is 1.89 bits per heavy atom. The van der Waals surface area contributed by atoms with Crippen molar-refractivity contribution in [1.29, 1.82) is 5.26 Å². The molecule has 5 aromatic rings. The zero-order valence-corrected chi connectivity index (χ0v) is 21.6. The Hall–Kier alpha value is -4.55. The standard InChI is InChI=1S/C29H24N6O2S/c1-19-24-17-25(38-28(24)35(33-19)22-8-4-2-5-9-22)29(36)37-23-13-11-20(12-14-23)16-21(18-30)27-32-31-26-10-6-3-7-15-34(26)27/h2,4-5,8-9,11-14,16-17H,3,6-7,10,15H2,1H3. The first-order valence-electron chi connectivity index (χ1n) is 12.5. The van der Waals surface area contributed by atoms with Crippen LogP contribution in [0.15, 0.2) is 60.7 Å². The number of nitrogens with zero attached hydrogens (tertiary/aromatic N) is 6. The van der Waals surface area contributed by atoms with Crippen molar-refractivity contribution in [3.8, 4) is 17.5 Å². The van der Waals surface area contributed by atoms with Gasteiger partial charge in [0.05, 0.1) is 17.0 Å². The van der Waals surface area contributed by atoms with Crippen LogP contribution in [-0.2, 0) is 13.0 Å². The second-order valence-corrected chi connectivity index (χ2v) is 10.2. The quantitative estimate of drug-likeness (QED) is 0.160. The third kappa shape index (κ3) is 4.51. The van der Waals surface area contributed by atoms with Crippen LogP contribution in [0.5, 0.6) is 5.75 Å². The maximum atomic E-state index is 13.0. The van der Waals surface area contributed by atoms with E-state index in [1.807, 2.05) is 60.1 Å². The van der Waals surface area contributed by atoms with Gasteiger partial charge in [-0.05, 0) is 61.7 Å². The molecule has 8 nitrogen and oxygen atoms in total. The van der Waals surface area contributed by atoms with Crippen molar-refractivity contribution in [2.75, 3.05) is 0 Å². The number of nitriles is 1. The number of benzene rings is 2. The lowest BCUT2D eigenvalue weighted by Gasteiger charge is -2.06. The van der Waals surface area contributed by atoms with E-state index >= 15 is 0 Å². The van der Waals surface area contributed by atoms with Crippen LogP contribution >= 0.6 is 11.3 Å². The van der Waals surface area contributed by atoms with E-state index < -0.39 is 5.97 Å². The zero-order chi connectivity index (χ0) is 26.1. The number of fused-ring (bicyclic) bond motifs is 2. The van der Waals surface area contributed by atoms with Crippen molar-refractivity contribution < 1.29 is 9.53 Å². The van der Waals surface area contributed by atoms with E-state index in [1.54, 1.807) is 18.2 Å². The maximum Gasteiger partial charge on any atom is 0.353 e. The fourth-order valence-corrected chi connectivity index (χ4v) is 5.74. The highest BCUT2D eigenvalue weighted by atomic mass is 32.1. The molecule has 0 fully saturated rings. The molecule has 1 aliphatic heterocycles. The molecule has 0 unspecified atom stereocenters. The van der Waals surface area contributed by atoms with E-state index in [-0.39, 0.29) is 0 Å². The summed E-state index contributed by atoms with van der Waals surface area (Å²) in [6.07, 6.45) is 5.98. The highest BCUT2D eigenvalue weighted by Gasteiger charge is 2.20. The summed E-state index contributed by atoms with van der Waals surface area (Å²) >= 11 is 1.36. The molecule has 0 saturated heterocycles. The molecule has 0 bridgehead atoms. The van der Waals surface area contributed by atoms with Crippen LogP contribution in [0.1, 0.15) is 51.8 Å². The van der Waals surface area contributed by atoms with Crippen LogP contribution in [0.25, 0.3) is 27.6 Å². The van der Waals surface area contributed by atoms with E-state index in [0.717, 1.165) is 65.2 Å². The molecule has 9 heteroatoms. The van der Waals surface area contributed by atoms with Crippen LogP contribution in [0, 0.1) is 18.3 Å². The molecule has 1 aliphatic rings. The fourth-order valence-electron chi connectivity index (χ4n) is 4.68. The van der Waals surface area contributed by atoms with Crippen LogP contribution in [0.4, 0.5) is 0 Å². The van der Waals surface area contributed by atoms with E-state index in [1.165, 1.54) is 11.3 Å². The number of carbonyl (C=O) groups excluding carboxylic acids is 1. The predicted octanol–water partition coefficient (Wildman–Crippen LogP) is 6.00. The number of esters is 1. The number of hydrogen-bond acceptors (Lipinski definition) is 7. The normalized spacial score (nSPS) is 13.6. The Labute approximate surface area is 223 Å². The van der Waals surface area contributed by atoms with E-state index in [0.29, 0.717) is 22.0 Å². The Kier molecular flexibility index (Phi) is 6.32. The highest BCUT2D eigenvalue weighted by molar-refractivity contribution is 7.20. The van der Waals surface area contributed by atoms with Gasteiger partial charge in [0, 0.05) is 18.4 Å². The van der Waals surface area contributed by atoms with Gasteiger partial charge in [0.25, 0.3) is 0 Å². The number of aromatic nitrogens is 5. The first-order valence-corrected chi connectivity index (χ1v) is 13.3. The number of allylic oxidation sites excluding steroid dienone is 1. The van der Waals surface area contributed by atoms with Crippen molar-refractivity contribution in [3.05, 3.63) is 88.4 Å². The minimum absolute atomic E-state index is 0.419. The third-order valence-corrected chi connectivity index (χ3v) is 7.71. The SMILES string of the molecule is Cc1nn(-c2ccccc2)c2sc(C(=O)Oc3ccc(C=C(C#N)c4nnc5n4CCCCC5)cc3)cc12. The van der Waals surface area contributed by atoms with Gasteiger partial charge in [0.15, 0.2) is 5.82 Å². The summed E-state index contributed by atoms with van der Waals surface area (Å²) in [4.78, 5) is 14.4. The lowest BCUT2D eigenvalue weighted by atomic mass is 10.1. The third-order valence-electron chi connectivity index (χ3n) is 6.62. The number of para-hydroxylation sites is 1. The molecule has 0 spiro atoms. The van der Waals surface area contributed by atoms with Crippen molar-refractivity contribution >= 4 is 39.2 Å². The summed E-state index contributed by atoms with van der Waals surface area (Å²) in [5.41, 5.74) is 3.07. The van der Waals surface area contributed by atoms with Crippen LogP contribution in [-0.4, -0.2) is 30.5 Å². The minimum Gasteiger partial charge on any atom is -0.422 e. The lowest BCUT2D eigenvalue weighted by molar-refractivity contribution is 0.0740. The fraction of sp³-hybridized carbons (Fsp3) is 0.207. The minimum atomic E-state index is -0.419. The molecule has 2 aromatic carbocycles. The molecular formula is C29H24N6O2S. The maximum absolute atomic E-state index is 13.0. The molecule has 0 N–H and O–H groups in total. The van der Waals surface area contributed by atoms with Gasteiger partial charge in [-0.3, -0.25) is 0 Å². The molecule has 0 aliphatic carbocycles. The molecule has 0 saturated carbocycles. The van der Waals surface area contributed by atoms with Crippen molar-refractivity contribution in [2.45, 2.75) is 39.2 Å². The zero-order valence-electron chi connectivity index (χ0n) is 20.8. The van der Waals surface area contributed by atoms with Gasteiger partial charge in [0.2, 0.25) is 0 Å². The lowest BCUT2D eigenvalue weighted by Crippen LogP contribution is -2.06. The number of hydrogen-bond donors (Lipinski definition) is 0. The van der Waals surface area contributed by atoms with Gasteiger partial charge in [-0.15, -0.1) is 21.5 Å². The topological polar surface area (TPSA) is 98.6 Å². The number of carbonyl (C=O) groups is 1. The summed E-state index contributed by atoms with van der Waals surface area (Å²) in [7, 11) is 0. The molecule has 6 rings (SSSR count). The average Bonchev–Trinajstić information content (AvgIpc) is 3.59. The molecule has 0 amide bonds. The van der Waals surface area contributed by atoms with Gasteiger partial charge in [-0.1, -0.05) is 36.8 Å². The number of thiophene rings is 1. The Morgan fingerprint density at radius 3 is 2.68 bits per heavy atom. The number of rotatable bonds is 5. The van der Waals surface area contributed by atoms with Crippen LogP contribution in [0.2, 0.25) is 0 Å². The summed E-state index contributed by atoms with van der Waals surface area (Å²) in [6.45, 7) is 2.76. The van der Waals surface area contributed by atoms with Gasteiger partial charge in [-0.2, -0.15) is 10.4 Å². The molecular weight excluding hydrogens is 496 g/mol. The van der Waals surface area contributed by atoms with Gasteiger partial charge in [0.1, 0.15) is 27.4 Å². The van der Waals surface area contributed by atoms with Crippen LogP contribution in [0.3, 0.4) is 0 Å². The molecule has 4 heterocycles. The summed E-state index contributed by atoms with van der Waals surface area (Å²) in [5.74, 6) is 1.56. The van der Waals surface area contributed by atoms with Gasteiger partial charge in [-0.25, -0.2) is 9.48 Å². The largest absolute Gasteiger partial charge is 0.422 e. The van der Waals surface area contributed by atoms with E-state index in [9.17, 15) is 10.1 Å². The smallest absolute Gasteiger partial charge is 0.353 e. The number of aryl methyl sites for hydroxylation is 2. The second-order valence-electron chi connectivity index (χ2n) is 9.19. The van der Waals surface area contributed by atoms with Crippen molar-refractivity contribution in [3.63, 3.8) is 0 Å². The predicted molar refractivity (Wildman–Crippen MR) is 146 cm³/mol. The number of ether oxygens (including phenoxy) is 1. The Balaban J connectivity index is 1.21. The van der Waals surface area contributed by atoms with Crippen molar-refractivity contribution in [2.24, 2.45) is 0 Å². The average molecular weight is 521 g/mol. The van der Waals surface area contributed by atoms with Crippen molar-refractivity contribution in [1.82, 2.24) is 24.5 Å². The molecule has 188 valence electrons. The summed E-state index contributed by atoms with van der Waals surface area (Å²) < 4.78 is 9.57. The molecule has 0 atom stereocenters. The molecule has 0 radical (unpaired) electrons. The molecule has 38 heavy (non-hydrogen) atoms. The van der Waals surface area contributed by atoms with E-state index in [2.05, 4.69) is 25.9 Å². The Morgan fingerprint density at radius 1 is 1.08 bits per heavy atom. The monoisotopic (exact) mass is 520 g/mol. The van der Waals surface area contributed by atoms with Gasteiger partial charge >= 0.3 is 5.97 Å². The second kappa shape index (κ2) is 10.1. The summed E-state index contributed by atoms with van der Waals surface area (Å²) in [5, 5.41) is 24.0. The highest BCUT2D eigenvalue weighted by Crippen LogP contribution is 2.31. The van der Waals surface area contributed by atoms with Gasteiger partial charge < -0.3 is 9.30 Å². The molecule has 3 aromatic heterocycles. The first-order chi connectivity index (χ1) is 18.6. The first kappa shape index (κ1) is 23.8. The summed E-state index contributed by atoms with van der Waals surface area (Å²) in [6, 6.07) is 21.0. The van der Waals surface area contributed by atoms with E-state index in [4.69, 9.17) is 4.74 Å². The van der Waals surface area contributed by atoms with Crippen LogP contribution < -0.4 is 4.74 Å². The Bertz CT molecular complexity index is 1700.